The molecule has 1 aliphatic rings. The first-order valence-electron chi connectivity index (χ1n) is 9.23. The minimum atomic E-state index is -1.75. The fourth-order valence-corrected chi connectivity index (χ4v) is 3.41. The summed E-state index contributed by atoms with van der Waals surface area (Å²) >= 11 is 0. The molecule has 0 aromatic rings. The zero-order chi connectivity index (χ0) is 18.6. The van der Waals surface area contributed by atoms with Crippen LogP contribution in [0.4, 0.5) is 4.79 Å². The highest BCUT2D eigenvalue weighted by molar-refractivity contribution is 6.74. The lowest BCUT2D eigenvalue weighted by Gasteiger charge is -2.38. The second-order valence-electron chi connectivity index (χ2n) is 9.23. The number of amides is 1. The number of carbonyl (C=O) groups excluding carboxylic acids is 1. The van der Waals surface area contributed by atoms with Crippen LogP contribution in [0.25, 0.3) is 0 Å². The maximum atomic E-state index is 12.5. The average Bonchev–Trinajstić information content (AvgIpc) is 2.60. The van der Waals surface area contributed by atoms with E-state index in [2.05, 4.69) is 38.9 Å². The first-order chi connectivity index (χ1) is 10.8. The van der Waals surface area contributed by atoms with E-state index in [1.54, 1.807) is 5.01 Å². The molecule has 0 N–H and O–H groups in total. The molecule has 0 spiro atoms. The van der Waals surface area contributed by atoms with Gasteiger partial charge in [-0.3, -0.25) is 0 Å². The average molecular weight is 359 g/mol. The van der Waals surface area contributed by atoms with E-state index < -0.39 is 13.9 Å². The molecule has 1 saturated heterocycles. The molecular formula is C18H38N2O3Si. The number of ether oxygens (including phenoxy) is 1. The molecule has 0 radical (unpaired) electrons. The van der Waals surface area contributed by atoms with Crippen molar-refractivity contribution < 1.29 is 14.0 Å². The lowest BCUT2D eigenvalue weighted by Crippen LogP contribution is -2.50. The Labute approximate surface area is 149 Å². The lowest BCUT2D eigenvalue weighted by molar-refractivity contribution is -0.0507. The summed E-state index contributed by atoms with van der Waals surface area (Å²) in [5.41, 5.74) is -0.466. The van der Waals surface area contributed by atoms with Crippen LogP contribution < -0.4 is 0 Å². The summed E-state index contributed by atoms with van der Waals surface area (Å²) in [5, 5.41) is 4.11. The second-order valence-corrected chi connectivity index (χ2v) is 14.0. The molecule has 0 unspecified atom stereocenters. The molecule has 0 saturated carbocycles. The quantitative estimate of drug-likeness (QED) is 0.686. The third kappa shape index (κ3) is 6.73. The molecule has 1 rings (SSSR count). The SMILES string of the molecule is CC(C)(C)OC(=O)N1CCCCCN1CCO[Si](C)(C)C(C)(C)C. The van der Waals surface area contributed by atoms with Crippen LogP contribution in [0.2, 0.25) is 18.1 Å². The van der Waals surface area contributed by atoms with Crippen LogP contribution in [0.3, 0.4) is 0 Å². The van der Waals surface area contributed by atoms with Crippen LogP contribution in [-0.4, -0.2) is 56.3 Å². The fourth-order valence-electron chi connectivity index (χ4n) is 2.37. The van der Waals surface area contributed by atoms with E-state index in [4.69, 9.17) is 9.16 Å². The van der Waals surface area contributed by atoms with Crippen molar-refractivity contribution in [2.75, 3.05) is 26.2 Å². The summed E-state index contributed by atoms with van der Waals surface area (Å²) in [6, 6.07) is 0. The molecule has 142 valence electrons. The first-order valence-corrected chi connectivity index (χ1v) is 12.1. The van der Waals surface area contributed by atoms with Gasteiger partial charge in [-0.05, 0) is 51.7 Å². The van der Waals surface area contributed by atoms with Crippen molar-refractivity contribution in [3.63, 3.8) is 0 Å². The number of nitrogens with zero attached hydrogens (tertiary/aromatic N) is 2. The van der Waals surface area contributed by atoms with Gasteiger partial charge in [0.2, 0.25) is 0 Å². The predicted octanol–water partition coefficient (Wildman–Crippen LogP) is 4.65. The van der Waals surface area contributed by atoms with E-state index in [0.717, 1.165) is 38.9 Å². The second kappa shape index (κ2) is 8.19. The third-order valence-corrected chi connectivity index (χ3v) is 9.39. The molecule has 0 aromatic carbocycles. The number of hydrogen-bond acceptors (Lipinski definition) is 4. The van der Waals surface area contributed by atoms with Crippen LogP contribution in [0, 0.1) is 0 Å². The van der Waals surface area contributed by atoms with Crippen molar-refractivity contribution in [1.82, 2.24) is 10.0 Å². The summed E-state index contributed by atoms with van der Waals surface area (Å²) in [6.45, 7) is 20.0. The minimum absolute atomic E-state index is 0.205. The fraction of sp³-hybridized carbons (Fsp3) is 0.944. The Morgan fingerprint density at radius 1 is 1.00 bits per heavy atom. The van der Waals surface area contributed by atoms with Crippen molar-refractivity contribution in [3.8, 4) is 0 Å². The normalized spacial score (nSPS) is 18.4. The molecule has 1 aliphatic heterocycles. The molecule has 0 bridgehead atoms. The molecule has 5 nitrogen and oxygen atoms in total. The van der Waals surface area contributed by atoms with E-state index in [-0.39, 0.29) is 11.1 Å². The van der Waals surface area contributed by atoms with Crippen molar-refractivity contribution in [2.24, 2.45) is 0 Å². The monoisotopic (exact) mass is 358 g/mol. The van der Waals surface area contributed by atoms with Gasteiger partial charge in [-0.25, -0.2) is 14.8 Å². The number of carbonyl (C=O) groups is 1. The highest BCUT2D eigenvalue weighted by atomic mass is 28.4. The van der Waals surface area contributed by atoms with Crippen LogP contribution in [0.1, 0.15) is 60.8 Å². The van der Waals surface area contributed by atoms with Crippen LogP contribution in [0.5, 0.6) is 0 Å². The standard InChI is InChI=1S/C18H38N2O3Si/c1-17(2,3)23-16(21)20-13-11-9-10-12-19(20)14-15-22-24(7,8)18(4,5)6/h9-15H2,1-8H3. The molecular weight excluding hydrogens is 320 g/mol. The number of hydrogen-bond donors (Lipinski definition) is 0. The van der Waals surface area contributed by atoms with Crippen molar-refractivity contribution in [1.29, 1.82) is 0 Å². The number of hydrazine groups is 1. The smallest absolute Gasteiger partial charge is 0.424 e. The topological polar surface area (TPSA) is 42.0 Å². The van der Waals surface area contributed by atoms with Gasteiger partial charge in [0.1, 0.15) is 5.60 Å². The van der Waals surface area contributed by atoms with Gasteiger partial charge in [0.15, 0.2) is 8.32 Å². The van der Waals surface area contributed by atoms with Gasteiger partial charge in [0.25, 0.3) is 0 Å². The molecule has 1 heterocycles. The Morgan fingerprint density at radius 2 is 1.58 bits per heavy atom. The van der Waals surface area contributed by atoms with Crippen LogP contribution in [-0.2, 0) is 9.16 Å². The third-order valence-electron chi connectivity index (χ3n) is 4.85. The summed E-state index contributed by atoms with van der Waals surface area (Å²) < 4.78 is 11.9. The number of rotatable bonds is 4. The van der Waals surface area contributed by atoms with Gasteiger partial charge < -0.3 is 9.16 Å². The highest BCUT2D eigenvalue weighted by Gasteiger charge is 2.37. The van der Waals surface area contributed by atoms with Crippen molar-refractivity contribution in [2.45, 2.75) is 84.5 Å². The van der Waals surface area contributed by atoms with Gasteiger partial charge in [-0.1, -0.05) is 27.2 Å². The molecule has 24 heavy (non-hydrogen) atoms. The van der Waals surface area contributed by atoms with E-state index in [0.29, 0.717) is 6.61 Å². The zero-order valence-corrected chi connectivity index (χ0v) is 18.1. The Kier molecular flexibility index (Phi) is 7.32. The van der Waals surface area contributed by atoms with Crippen molar-refractivity contribution in [3.05, 3.63) is 0 Å². The molecule has 1 fully saturated rings. The minimum Gasteiger partial charge on any atom is -0.443 e. The molecule has 6 heteroatoms. The van der Waals surface area contributed by atoms with Gasteiger partial charge in [-0.15, -0.1) is 0 Å². The van der Waals surface area contributed by atoms with Crippen LogP contribution >= 0.6 is 0 Å². The summed E-state index contributed by atoms with van der Waals surface area (Å²) in [4.78, 5) is 12.5. The Morgan fingerprint density at radius 3 is 2.12 bits per heavy atom. The van der Waals surface area contributed by atoms with Gasteiger partial charge in [-0.2, -0.15) is 0 Å². The van der Waals surface area contributed by atoms with Crippen LogP contribution in [0.15, 0.2) is 0 Å². The highest BCUT2D eigenvalue weighted by Crippen LogP contribution is 2.36. The maximum Gasteiger partial charge on any atom is 0.424 e. The van der Waals surface area contributed by atoms with E-state index in [1.807, 2.05) is 20.8 Å². The van der Waals surface area contributed by atoms with E-state index in [1.165, 1.54) is 0 Å². The van der Waals surface area contributed by atoms with Crippen molar-refractivity contribution >= 4 is 14.4 Å². The molecule has 0 aliphatic carbocycles. The molecule has 0 atom stereocenters. The first kappa shape index (κ1) is 21.4. The largest absolute Gasteiger partial charge is 0.443 e. The maximum absolute atomic E-state index is 12.5. The van der Waals surface area contributed by atoms with Gasteiger partial charge in [0.05, 0.1) is 0 Å². The Hall–Kier alpha value is -0.593. The molecule has 1 amide bonds. The summed E-state index contributed by atoms with van der Waals surface area (Å²) in [5.74, 6) is 0. The summed E-state index contributed by atoms with van der Waals surface area (Å²) in [7, 11) is -1.75. The van der Waals surface area contributed by atoms with Gasteiger partial charge in [0, 0.05) is 26.2 Å². The lowest BCUT2D eigenvalue weighted by atomic mass is 10.2. The van der Waals surface area contributed by atoms with E-state index >= 15 is 0 Å². The molecule has 0 aromatic heterocycles. The predicted molar refractivity (Wildman–Crippen MR) is 102 cm³/mol. The van der Waals surface area contributed by atoms with E-state index in [9.17, 15) is 4.79 Å². The summed E-state index contributed by atoms with van der Waals surface area (Å²) in [6.07, 6.45) is 3.05. The Bertz CT molecular complexity index is 413. The van der Waals surface area contributed by atoms with Gasteiger partial charge >= 0.3 is 6.09 Å². The Balaban J connectivity index is 2.66. The zero-order valence-electron chi connectivity index (χ0n) is 17.1.